The largest absolute Gasteiger partial charge is 0.337 e. The van der Waals surface area contributed by atoms with Crippen LogP contribution in [0.2, 0.25) is 0 Å². The van der Waals surface area contributed by atoms with Crippen LogP contribution in [-0.2, 0) is 0 Å². The molecule has 116 valence electrons. The topological polar surface area (TPSA) is 32.3 Å². The maximum absolute atomic E-state index is 13.5. The Morgan fingerprint density at radius 1 is 1.48 bits per heavy atom. The number of carbonyl (C=O) groups excluding carboxylic acids is 1. The van der Waals surface area contributed by atoms with E-state index in [0.29, 0.717) is 30.6 Å². The summed E-state index contributed by atoms with van der Waals surface area (Å²) >= 11 is 0. The summed E-state index contributed by atoms with van der Waals surface area (Å²) in [5.74, 6) is -0.0222. The summed E-state index contributed by atoms with van der Waals surface area (Å²) in [6, 6.07) is 4.79. The summed E-state index contributed by atoms with van der Waals surface area (Å²) < 4.78 is 13.5. The third-order valence-corrected chi connectivity index (χ3v) is 3.91. The average molecular weight is 292 g/mol. The van der Waals surface area contributed by atoms with Crippen molar-refractivity contribution >= 4 is 5.91 Å². The monoisotopic (exact) mass is 292 g/mol. The van der Waals surface area contributed by atoms with Crippen molar-refractivity contribution in [3.8, 4) is 0 Å². The molecular formula is C17H25FN2O. The van der Waals surface area contributed by atoms with E-state index in [9.17, 15) is 9.18 Å². The summed E-state index contributed by atoms with van der Waals surface area (Å²) in [5.41, 5.74) is 1.31. The highest BCUT2D eigenvalue weighted by molar-refractivity contribution is 5.95. The number of nitrogens with zero attached hydrogens (tertiary/aromatic N) is 1. The number of halogens is 1. The Bertz CT molecular complexity index is 496. The predicted molar refractivity (Wildman–Crippen MR) is 82.9 cm³/mol. The molecule has 1 fully saturated rings. The minimum absolute atomic E-state index is 0.0607. The SMILES string of the molecule is Cc1ccc(F)cc1C(=O)N(CC(C)C)CC1CCCN1. The molecule has 0 saturated carbocycles. The maximum atomic E-state index is 13.5. The molecule has 2 rings (SSSR count). The number of carbonyl (C=O) groups is 1. The van der Waals surface area contributed by atoms with Crippen LogP contribution in [-0.4, -0.2) is 36.5 Å². The molecule has 0 radical (unpaired) electrons. The molecule has 1 atom stereocenters. The standard InChI is InChI=1S/C17H25FN2O/c1-12(2)10-20(11-15-5-4-8-19-15)17(21)16-9-14(18)7-6-13(16)3/h6-7,9,12,15,19H,4-5,8,10-11H2,1-3H3. The van der Waals surface area contributed by atoms with Gasteiger partial charge in [-0.3, -0.25) is 4.79 Å². The van der Waals surface area contributed by atoms with Crippen molar-refractivity contribution in [3.05, 3.63) is 35.1 Å². The van der Waals surface area contributed by atoms with Crippen LogP contribution in [0.4, 0.5) is 4.39 Å². The summed E-state index contributed by atoms with van der Waals surface area (Å²) in [4.78, 5) is 14.6. The van der Waals surface area contributed by atoms with Gasteiger partial charge in [-0.25, -0.2) is 4.39 Å². The van der Waals surface area contributed by atoms with Gasteiger partial charge in [0.1, 0.15) is 5.82 Å². The van der Waals surface area contributed by atoms with E-state index in [0.717, 1.165) is 24.9 Å². The molecule has 1 heterocycles. The first-order chi connectivity index (χ1) is 9.97. The number of aryl methyl sites for hydroxylation is 1. The number of nitrogens with one attached hydrogen (secondary N) is 1. The van der Waals surface area contributed by atoms with E-state index in [1.807, 2.05) is 11.8 Å². The van der Waals surface area contributed by atoms with E-state index in [1.54, 1.807) is 6.07 Å². The zero-order valence-corrected chi connectivity index (χ0v) is 13.2. The lowest BCUT2D eigenvalue weighted by molar-refractivity contribution is 0.0720. The zero-order valence-electron chi connectivity index (χ0n) is 13.2. The lowest BCUT2D eigenvalue weighted by atomic mass is 10.1. The smallest absolute Gasteiger partial charge is 0.254 e. The van der Waals surface area contributed by atoms with E-state index in [4.69, 9.17) is 0 Å². The van der Waals surface area contributed by atoms with Crippen LogP contribution in [0.5, 0.6) is 0 Å². The summed E-state index contributed by atoms with van der Waals surface area (Å²) in [6.07, 6.45) is 2.26. The van der Waals surface area contributed by atoms with Gasteiger partial charge in [0.25, 0.3) is 5.91 Å². The van der Waals surface area contributed by atoms with Crippen molar-refractivity contribution in [3.63, 3.8) is 0 Å². The fourth-order valence-corrected chi connectivity index (χ4v) is 2.85. The number of rotatable bonds is 5. The van der Waals surface area contributed by atoms with E-state index in [-0.39, 0.29) is 11.7 Å². The lowest BCUT2D eigenvalue weighted by Gasteiger charge is -2.28. The van der Waals surface area contributed by atoms with Crippen molar-refractivity contribution in [2.45, 2.75) is 39.7 Å². The van der Waals surface area contributed by atoms with Gasteiger partial charge in [0.15, 0.2) is 0 Å². The maximum Gasteiger partial charge on any atom is 0.254 e. The molecule has 1 N–H and O–H groups in total. The molecule has 4 heteroatoms. The van der Waals surface area contributed by atoms with E-state index < -0.39 is 0 Å². The second-order valence-electron chi connectivity index (χ2n) is 6.36. The van der Waals surface area contributed by atoms with Gasteiger partial charge in [0, 0.05) is 24.7 Å². The lowest BCUT2D eigenvalue weighted by Crippen LogP contribution is -2.43. The minimum Gasteiger partial charge on any atom is -0.337 e. The van der Waals surface area contributed by atoms with E-state index >= 15 is 0 Å². The van der Waals surface area contributed by atoms with Gasteiger partial charge in [0.2, 0.25) is 0 Å². The molecule has 1 unspecified atom stereocenters. The molecule has 3 nitrogen and oxygen atoms in total. The third-order valence-electron chi connectivity index (χ3n) is 3.91. The molecule has 0 aliphatic carbocycles. The normalized spacial score (nSPS) is 18.2. The van der Waals surface area contributed by atoms with Gasteiger partial charge in [-0.2, -0.15) is 0 Å². The van der Waals surface area contributed by atoms with E-state index in [1.165, 1.54) is 12.1 Å². The van der Waals surface area contributed by atoms with Gasteiger partial charge >= 0.3 is 0 Å². The second kappa shape index (κ2) is 7.03. The van der Waals surface area contributed by atoms with Crippen molar-refractivity contribution in [1.82, 2.24) is 10.2 Å². The van der Waals surface area contributed by atoms with Crippen LogP contribution in [0.1, 0.15) is 42.6 Å². The van der Waals surface area contributed by atoms with Gasteiger partial charge in [-0.1, -0.05) is 19.9 Å². The van der Waals surface area contributed by atoms with Crippen LogP contribution >= 0.6 is 0 Å². The predicted octanol–water partition coefficient (Wildman–Crippen LogP) is 2.98. The molecular weight excluding hydrogens is 267 g/mol. The molecule has 1 saturated heterocycles. The Hall–Kier alpha value is -1.42. The fraction of sp³-hybridized carbons (Fsp3) is 0.588. The molecule has 0 spiro atoms. The summed E-state index contributed by atoms with van der Waals surface area (Å²) in [6.45, 7) is 8.48. The molecule has 1 aromatic carbocycles. The summed E-state index contributed by atoms with van der Waals surface area (Å²) in [5, 5.41) is 3.42. The highest BCUT2D eigenvalue weighted by Crippen LogP contribution is 2.16. The summed E-state index contributed by atoms with van der Waals surface area (Å²) in [7, 11) is 0. The Labute approximate surface area is 126 Å². The Morgan fingerprint density at radius 2 is 2.24 bits per heavy atom. The number of benzene rings is 1. The van der Waals surface area contributed by atoms with Crippen molar-refractivity contribution in [2.75, 3.05) is 19.6 Å². The van der Waals surface area contributed by atoms with Gasteiger partial charge in [-0.05, 0) is 49.9 Å². The van der Waals surface area contributed by atoms with Crippen LogP contribution < -0.4 is 5.32 Å². The van der Waals surface area contributed by atoms with Gasteiger partial charge < -0.3 is 10.2 Å². The minimum atomic E-state index is -0.354. The highest BCUT2D eigenvalue weighted by atomic mass is 19.1. The van der Waals surface area contributed by atoms with Crippen LogP contribution in [0.25, 0.3) is 0 Å². The number of hydrogen-bond acceptors (Lipinski definition) is 2. The average Bonchev–Trinajstić information content (AvgIpc) is 2.92. The van der Waals surface area contributed by atoms with Crippen LogP contribution in [0, 0.1) is 18.7 Å². The molecule has 21 heavy (non-hydrogen) atoms. The van der Waals surface area contributed by atoms with Crippen LogP contribution in [0.15, 0.2) is 18.2 Å². The first kappa shape index (κ1) is 16.0. The molecule has 1 aliphatic rings. The van der Waals surface area contributed by atoms with Crippen molar-refractivity contribution in [1.29, 1.82) is 0 Å². The van der Waals surface area contributed by atoms with E-state index in [2.05, 4.69) is 19.2 Å². The molecule has 1 aromatic rings. The molecule has 0 aromatic heterocycles. The highest BCUT2D eigenvalue weighted by Gasteiger charge is 2.24. The molecule has 1 aliphatic heterocycles. The number of amides is 1. The molecule has 0 bridgehead atoms. The fourth-order valence-electron chi connectivity index (χ4n) is 2.85. The number of hydrogen-bond donors (Lipinski definition) is 1. The Kier molecular flexibility index (Phi) is 5.34. The quantitative estimate of drug-likeness (QED) is 0.905. The van der Waals surface area contributed by atoms with Gasteiger partial charge in [0.05, 0.1) is 0 Å². The Morgan fingerprint density at radius 3 is 2.86 bits per heavy atom. The molecule has 1 amide bonds. The van der Waals surface area contributed by atoms with Gasteiger partial charge in [-0.15, -0.1) is 0 Å². The zero-order chi connectivity index (χ0) is 15.4. The van der Waals surface area contributed by atoms with Crippen molar-refractivity contribution in [2.24, 2.45) is 5.92 Å². The Balaban J connectivity index is 2.17. The first-order valence-corrected chi connectivity index (χ1v) is 7.76. The third kappa shape index (κ3) is 4.27. The first-order valence-electron chi connectivity index (χ1n) is 7.76. The van der Waals surface area contributed by atoms with Crippen LogP contribution in [0.3, 0.4) is 0 Å². The second-order valence-corrected chi connectivity index (χ2v) is 6.36. The van der Waals surface area contributed by atoms with Crippen molar-refractivity contribution < 1.29 is 9.18 Å².